The second-order valence-electron chi connectivity index (χ2n) is 5.35. The molecule has 1 aromatic heterocycles. The van der Waals surface area contributed by atoms with E-state index in [1.54, 1.807) is 16.8 Å². The summed E-state index contributed by atoms with van der Waals surface area (Å²) in [6.07, 6.45) is 0.833. The molecule has 0 aliphatic carbocycles. The first-order valence-electron chi connectivity index (χ1n) is 7.21. The second kappa shape index (κ2) is 5.55. The minimum absolute atomic E-state index is 0.280. The third kappa shape index (κ3) is 2.38. The van der Waals surface area contributed by atoms with Crippen LogP contribution in [0.15, 0.2) is 42.5 Å². The molecule has 1 N–H and O–H groups in total. The van der Waals surface area contributed by atoms with Gasteiger partial charge in [0.25, 0.3) is 0 Å². The number of nitrogens with one attached hydrogen (secondary N) is 1. The fourth-order valence-electron chi connectivity index (χ4n) is 2.87. The normalized spacial score (nSPS) is 13.0. The highest BCUT2D eigenvalue weighted by atomic mass is 35.5. The van der Waals surface area contributed by atoms with Gasteiger partial charge in [0.2, 0.25) is 0 Å². The van der Waals surface area contributed by atoms with Crippen molar-refractivity contribution in [3.05, 3.63) is 63.9 Å². The van der Waals surface area contributed by atoms with Crippen LogP contribution in [0.5, 0.6) is 0 Å². The first kappa shape index (κ1) is 14.5. The van der Waals surface area contributed by atoms with Gasteiger partial charge in [0.15, 0.2) is 0 Å². The van der Waals surface area contributed by atoms with Crippen LogP contribution in [0.3, 0.4) is 0 Å². The molecule has 4 rings (SSSR count). The Morgan fingerprint density at radius 3 is 2.78 bits per heavy atom. The van der Waals surface area contributed by atoms with Crippen LogP contribution in [0.4, 0.5) is 10.2 Å². The first-order chi connectivity index (χ1) is 11.1. The third-order valence-corrected chi connectivity index (χ3v) is 4.72. The highest BCUT2D eigenvalue weighted by Crippen LogP contribution is 2.37. The number of benzene rings is 2. The molecule has 1 aliphatic heterocycles. The molecule has 0 unspecified atom stereocenters. The van der Waals surface area contributed by atoms with Crippen molar-refractivity contribution < 1.29 is 4.39 Å². The number of hydrogen-bond acceptors (Lipinski definition) is 2. The molecule has 0 amide bonds. The maximum Gasteiger partial charge on any atom is 0.133 e. The quantitative estimate of drug-likeness (QED) is 0.710. The molecule has 0 saturated heterocycles. The molecule has 0 saturated carbocycles. The molecule has 3 nitrogen and oxygen atoms in total. The molecule has 1 aliphatic rings. The van der Waals surface area contributed by atoms with E-state index in [4.69, 9.17) is 23.2 Å². The summed E-state index contributed by atoms with van der Waals surface area (Å²) in [5.74, 6) is 0.603. The summed E-state index contributed by atoms with van der Waals surface area (Å²) < 4.78 is 15.3. The second-order valence-corrected chi connectivity index (χ2v) is 6.13. The Labute approximate surface area is 142 Å². The van der Waals surface area contributed by atoms with Gasteiger partial charge in [-0.2, -0.15) is 5.10 Å². The minimum Gasteiger partial charge on any atom is -0.369 e. The van der Waals surface area contributed by atoms with Crippen molar-refractivity contribution in [1.29, 1.82) is 0 Å². The molecule has 3 aromatic rings. The Kier molecular flexibility index (Phi) is 3.51. The molecule has 0 bridgehead atoms. The van der Waals surface area contributed by atoms with Gasteiger partial charge in [-0.25, -0.2) is 9.07 Å². The molecule has 23 heavy (non-hydrogen) atoms. The zero-order valence-corrected chi connectivity index (χ0v) is 13.5. The third-order valence-electron chi connectivity index (χ3n) is 3.91. The maximum atomic E-state index is 13.6. The van der Waals surface area contributed by atoms with Gasteiger partial charge in [-0.05, 0) is 30.7 Å². The lowest BCUT2D eigenvalue weighted by molar-refractivity contribution is 0.628. The topological polar surface area (TPSA) is 29.9 Å². The van der Waals surface area contributed by atoms with E-state index in [9.17, 15) is 4.39 Å². The van der Waals surface area contributed by atoms with Gasteiger partial charge >= 0.3 is 0 Å². The lowest BCUT2D eigenvalue weighted by atomic mass is 10.1. The summed E-state index contributed by atoms with van der Waals surface area (Å²) in [7, 11) is 0. The van der Waals surface area contributed by atoms with E-state index in [-0.39, 0.29) is 5.82 Å². The van der Waals surface area contributed by atoms with Crippen molar-refractivity contribution >= 4 is 29.0 Å². The highest BCUT2D eigenvalue weighted by molar-refractivity contribution is 6.43. The highest BCUT2D eigenvalue weighted by Gasteiger charge is 2.25. The summed E-state index contributed by atoms with van der Waals surface area (Å²) in [6.45, 7) is 0.813. The molecule has 2 aromatic carbocycles. The lowest BCUT2D eigenvalue weighted by Crippen LogP contribution is -2.05. The van der Waals surface area contributed by atoms with Crippen LogP contribution < -0.4 is 5.32 Å². The van der Waals surface area contributed by atoms with E-state index in [0.717, 1.165) is 35.6 Å². The van der Waals surface area contributed by atoms with Gasteiger partial charge in [0, 0.05) is 17.7 Å². The number of halogens is 3. The number of rotatable bonds is 2. The molecular weight excluding hydrogens is 336 g/mol. The molecule has 2 heterocycles. The average Bonchev–Trinajstić information content (AvgIpc) is 3.12. The van der Waals surface area contributed by atoms with E-state index in [2.05, 4.69) is 10.4 Å². The van der Waals surface area contributed by atoms with E-state index in [0.29, 0.717) is 15.7 Å². The van der Waals surface area contributed by atoms with Crippen LogP contribution in [0.2, 0.25) is 10.0 Å². The van der Waals surface area contributed by atoms with Gasteiger partial charge in [-0.15, -0.1) is 0 Å². The Bertz CT molecular complexity index is 905. The van der Waals surface area contributed by atoms with Crippen molar-refractivity contribution in [2.24, 2.45) is 0 Å². The number of aromatic nitrogens is 2. The minimum atomic E-state index is -0.280. The van der Waals surface area contributed by atoms with E-state index in [1.807, 2.05) is 18.2 Å². The smallest absolute Gasteiger partial charge is 0.133 e. The predicted octanol–water partition coefficient (Wildman–Crippen LogP) is 4.95. The lowest BCUT2D eigenvalue weighted by Gasteiger charge is -2.09. The van der Waals surface area contributed by atoms with Crippen LogP contribution in [0.25, 0.3) is 16.9 Å². The zero-order valence-electron chi connectivity index (χ0n) is 12.0. The van der Waals surface area contributed by atoms with Crippen molar-refractivity contribution in [3.8, 4) is 16.9 Å². The average molecular weight is 348 g/mol. The summed E-state index contributed by atoms with van der Waals surface area (Å²) in [4.78, 5) is 0. The van der Waals surface area contributed by atoms with Crippen molar-refractivity contribution in [1.82, 2.24) is 9.78 Å². The molecule has 0 fully saturated rings. The molecule has 116 valence electrons. The summed E-state index contributed by atoms with van der Waals surface area (Å²) in [6, 6.07) is 11.9. The molecular formula is C17H12Cl2FN3. The van der Waals surface area contributed by atoms with Crippen LogP contribution in [0, 0.1) is 5.82 Å². The van der Waals surface area contributed by atoms with Crippen molar-refractivity contribution in [2.75, 3.05) is 11.9 Å². The number of hydrogen-bond donors (Lipinski definition) is 1. The molecule has 0 atom stereocenters. The standard InChI is InChI=1S/C17H12Cl2FN3/c18-13-5-2-6-14(15(13)19)23-17-12(7-8-21-17)16(22-23)10-3-1-4-11(20)9-10/h1-6,9,21H,7-8H2. The largest absolute Gasteiger partial charge is 0.369 e. The van der Waals surface area contributed by atoms with Crippen LogP contribution in [-0.2, 0) is 6.42 Å². The number of anilines is 1. The zero-order chi connectivity index (χ0) is 16.0. The van der Waals surface area contributed by atoms with Crippen molar-refractivity contribution in [3.63, 3.8) is 0 Å². The fraction of sp³-hybridized carbons (Fsp3) is 0.118. The monoisotopic (exact) mass is 347 g/mol. The Hall–Kier alpha value is -2.04. The van der Waals surface area contributed by atoms with Gasteiger partial charge < -0.3 is 5.32 Å². The maximum absolute atomic E-state index is 13.6. The first-order valence-corrected chi connectivity index (χ1v) is 7.97. The van der Waals surface area contributed by atoms with Gasteiger partial charge in [0.1, 0.15) is 11.6 Å². The van der Waals surface area contributed by atoms with Crippen molar-refractivity contribution in [2.45, 2.75) is 6.42 Å². The van der Waals surface area contributed by atoms with Gasteiger partial charge in [0.05, 0.1) is 21.4 Å². The van der Waals surface area contributed by atoms with E-state index in [1.165, 1.54) is 12.1 Å². The van der Waals surface area contributed by atoms with E-state index < -0.39 is 0 Å². The fourth-order valence-corrected chi connectivity index (χ4v) is 3.25. The predicted molar refractivity (Wildman–Crippen MR) is 91.2 cm³/mol. The molecule has 0 radical (unpaired) electrons. The van der Waals surface area contributed by atoms with Crippen LogP contribution >= 0.6 is 23.2 Å². The Morgan fingerprint density at radius 1 is 1.13 bits per heavy atom. The summed E-state index contributed by atoms with van der Waals surface area (Å²) >= 11 is 12.4. The summed E-state index contributed by atoms with van der Waals surface area (Å²) in [5.41, 5.74) is 3.28. The molecule has 6 heteroatoms. The summed E-state index contributed by atoms with van der Waals surface area (Å²) in [5, 5.41) is 8.90. The SMILES string of the molecule is Fc1cccc(-c2nn(-c3cccc(Cl)c3Cl)c3c2CCN3)c1. The number of nitrogens with zero attached hydrogens (tertiary/aromatic N) is 2. The van der Waals surface area contributed by atoms with Gasteiger partial charge in [-0.3, -0.25) is 0 Å². The Balaban J connectivity index is 1.93. The Morgan fingerprint density at radius 2 is 1.96 bits per heavy atom. The van der Waals surface area contributed by atoms with Crippen LogP contribution in [0.1, 0.15) is 5.56 Å². The molecule has 0 spiro atoms. The number of fused-ring (bicyclic) bond motifs is 1. The van der Waals surface area contributed by atoms with E-state index >= 15 is 0 Å². The van der Waals surface area contributed by atoms with Gasteiger partial charge in [-0.1, -0.05) is 41.4 Å². The van der Waals surface area contributed by atoms with Crippen LogP contribution in [-0.4, -0.2) is 16.3 Å².